The van der Waals surface area contributed by atoms with Crippen LogP contribution in [0.1, 0.15) is 25.8 Å². The van der Waals surface area contributed by atoms with Gasteiger partial charge in [0.2, 0.25) is 11.8 Å². The van der Waals surface area contributed by atoms with E-state index in [1.807, 2.05) is 32.9 Å². The second kappa shape index (κ2) is 8.60. The van der Waals surface area contributed by atoms with Gasteiger partial charge in [-0.25, -0.2) is 4.79 Å². The number of carbonyl (C=O) groups excluding carboxylic acids is 3. The van der Waals surface area contributed by atoms with Crippen LogP contribution in [0.3, 0.4) is 0 Å². The summed E-state index contributed by atoms with van der Waals surface area (Å²) < 4.78 is 0. The minimum atomic E-state index is -0.281. The lowest BCUT2D eigenvalue weighted by molar-refractivity contribution is -0.131. The fourth-order valence-electron chi connectivity index (χ4n) is 3.57. The molecule has 3 rings (SSSR count). The van der Waals surface area contributed by atoms with E-state index in [9.17, 15) is 14.4 Å². The third-order valence-corrected chi connectivity index (χ3v) is 5.14. The van der Waals surface area contributed by atoms with Gasteiger partial charge in [0.25, 0.3) is 0 Å². The average Bonchev–Trinajstić information content (AvgIpc) is 2.64. The maximum atomic E-state index is 12.8. The lowest BCUT2D eigenvalue weighted by atomic mass is 10.1. The van der Waals surface area contributed by atoms with Gasteiger partial charge in [-0.2, -0.15) is 0 Å². The molecule has 1 aromatic rings. The van der Waals surface area contributed by atoms with Gasteiger partial charge in [0.1, 0.15) is 6.04 Å². The zero-order valence-corrected chi connectivity index (χ0v) is 16.7. The first-order valence-electron chi connectivity index (χ1n) is 9.81. The molecule has 0 saturated carbocycles. The summed E-state index contributed by atoms with van der Waals surface area (Å²) >= 11 is 0. The van der Waals surface area contributed by atoms with Gasteiger partial charge in [-0.05, 0) is 30.5 Å². The molecule has 0 bridgehead atoms. The lowest BCUT2D eigenvalue weighted by Gasteiger charge is -2.42. The molecule has 1 atom stereocenters. The smallest absolute Gasteiger partial charge is 0.321 e. The Morgan fingerprint density at radius 1 is 1.21 bits per heavy atom. The van der Waals surface area contributed by atoms with Gasteiger partial charge in [-0.15, -0.1) is 0 Å². The fraction of sp³-hybridized carbons (Fsp3) is 0.550. The first-order valence-corrected chi connectivity index (χ1v) is 9.81. The monoisotopic (exact) mass is 387 g/mol. The molecule has 28 heavy (non-hydrogen) atoms. The van der Waals surface area contributed by atoms with Crippen LogP contribution in [-0.2, 0) is 9.59 Å². The van der Waals surface area contributed by atoms with E-state index in [1.54, 1.807) is 11.0 Å². The molecular weight excluding hydrogens is 358 g/mol. The van der Waals surface area contributed by atoms with E-state index in [2.05, 4.69) is 20.9 Å². The Morgan fingerprint density at radius 2 is 2.00 bits per heavy atom. The van der Waals surface area contributed by atoms with Crippen LogP contribution < -0.4 is 16.0 Å². The largest absolute Gasteiger partial charge is 0.353 e. The van der Waals surface area contributed by atoms with Crippen LogP contribution in [-0.4, -0.2) is 66.4 Å². The van der Waals surface area contributed by atoms with Crippen LogP contribution in [0.5, 0.6) is 0 Å². The van der Waals surface area contributed by atoms with Gasteiger partial charge in [-0.3, -0.25) is 14.5 Å². The topological polar surface area (TPSA) is 93.8 Å². The van der Waals surface area contributed by atoms with E-state index in [0.717, 1.165) is 12.1 Å². The Bertz CT molecular complexity index is 764. The first-order chi connectivity index (χ1) is 13.3. The second-order valence-electron chi connectivity index (χ2n) is 7.89. The molecule has 0 spiro atoms. The van der Waals surface area contributed by atoms with Gasteiger partial charge in [-0.1, -0.05) is 19.9 Å². The number of nitrogens with one attached hydrogen (secondary N) is 3. The number of hydrogen-bond acceptors (Lipinski definition) is 4. The Morgan fingerprint density at radius 3 is 2.75 bits per heavy atom. The summed E-state index contributed by atoms with van der Waals surface area (Å²) in [7, 11) is 0. The van der Waals surface area contributed by atoms with Crippen molar-refractivity contribution in [2.75, 3.05) is 43.4 Å². The van der Waals surface area contributed by atoms with E-state index >= 15 is 0 Å². The highest BCUT2D eigenvalue weighted by Crippen LogP contribution is 2.22. The molecule has 2 saturated heterocycles. The van der Waals surface area contributed by atoms with Gasteiger partial charge in [0.15, 0.2) is 0 Å². The van der Waals surface area contributed by atoms with Gasteiger partial charge < -0.3 is 20.9 Å². The minimum Gasteiger partial charge on any atom is -0.353 e. The molecule has 3 N–H and O–H groups in total. The van der Waals surface area contributed by atoms with Crippen molar-refractivity contribution < 1.29 is 14.4 Å². The van der Waals surface area contributed by atoms with Crippen molar-refractivity contribution in [3.8, 4) is 0 Å². The van der Waals surface area contributed by atoms with E-state index in [4.69, 9.17) is 0 Å². The van der Waals surface area contributed by atoms with Crippen LogP contribution in [0.2, 0.25) is 0 Å². The number of fused-ring (bicyclic) bond motifs is 1. The highest BCUT2D eigenvalue weighted by Gasteiger charge is 2.36. The summed E-state index contributed by atoms with van der Waals surface area (Å²) in [5, 5.41) is 8.66. The molecule has 4 amide bonds. The first kappa shape index (κ1) is 20.1. The Balaban J connectivity index is 1.64. The molecule has 8 nitrogen and oxygen atoms in total. The molecule has 152 valence electrons. The Kier molecular flexibility index (Phi) is 6.18. The van der Waals surface area contributed by atoms with Gasteiger partial charge in [0, 0.05) is 50.5 Å². The molecule has 1 aromatic carbocycles. The molecule has 0 unspecified atom stereocenters. The zero-order chi connectivity index (χ0) is 20.3. The molecule has 2 aliphatic heterocycles. The van der Waals surface area contributed by atoms with Crippen molar-refractivity contribution in [1.29, 1.82) is 0 Å². The number of amides is 4. The Labute approximate surface area is 165 Å². The average molecular weight is 387 g/mol. The molecule has 2 fully saturated rings. The summed E-state index contributed by atoms with van der Waals surface area (Å²) in [6, 6.07) is 4.96. The number of urea groups is 1. The summed E-state index contributed by atoms with van der Waals surface area (Å²) in [5.41, 5.74) is 2.22. The van der Waals surface area contributed by atoms with Crippen molar-refractivity contribution in [3.05, 3.63) is 23.8 Å². The number of rotatable bonds is 4. The Hall–Kier alpha value is -2.61. The van der Waals surface area contributed by atoms with Crippen molar-refractivity contribution in [3.63, 3.8) is 0 Å². The third kappa shape index (κ3) is 4.81. The molecule has 2 aliphatic rings. The number of benzene rings is 1. The van der Waals surface area contributed by atoms with E-state index in [1.165, 1.54) is 0 Å². The zero-order valence-electron chi connectivity index (χ0n) is 16.7. The number of aryl methyl sites for hydroxylation is 1. The van der Waals surface area contributed by atoms with E-state index < -0.39 is 0 Å². The van der Waals surface area contributed by atoms with Crippen LogP contribution in [0.15, 0.2) is 18.2 Å². The third-order valence-electron chi connectivity index (χ3n) is 5.14. The molecular formula is C20H29N5O3. The van der Waals surface area contributed by atoms with Crippen molar-refractivity contribution >= 4 is 29.2 Å². The van der Waals surface area contributed by atoms with Crippen LogP contribution in [0.4, 0.5) is 16.2 Å². The van der Waals surface area contributed by atoms with Crippen molar-refractivity contribution in [2.24, 2.45) is 5.92 Å². The molecule has 0 aliphatic carbocycles. The maximum absolute atomic E-state index is 12.8. The van der Waals surface area contributed by atoms with Crippen LogP contribution in [0, 0.1) is 12.8 Å². The molecule has 0 aromatic heterocycles. The summed E-state index contributed by atoms with van der Waals surface area (Å²) in [5.74, 6) is 0.214. The molecule has 2 heterocycles. The lowest BCUT2D eigenvalue weighted by Crippen LogP contribution is -2.64. The van der Waals surface area contributed by atoms with E-state index in [0.29, 0.717) is 44.0 Å². The van der Waals surface area contributed by atoms with Crippen molar-refractivity contribution in [1.82, 2.24) is 15.1 Å². The summed E-state index contributed by atoms with van der Waals surface area (Å²) in [4.78, 5) is 40.6. The van der Waals surface area contributed by atoms with Gasteiger partial charge in [0.05, 0.1) is 0 Å². The van der Waals surface area contributed by atoms with Crippen LogP contribution >= 0.6 is 0 Å². The fourth-order valence-corrected chi connectivity index (χ4v) is 3.57. The van der Waals surface area contributed by atoms with Crippen LogP contribution in [0.25, 0.3) is 0 Å². The highest BCUT2D eigenvalue weighted by molar-refractivity contribution is 5.94. The number of piperazine rings is 2. The molecule has 0 radical (unpaired) electrons. The number of nitrogens with zero attached hydrogens (tertiary/aromatic N) is 2. The normalized spacial score (nSPS) is 19.8. The predicted octanol–water partition coefficient (Wildman–Crippen LogP) is 1.63. The number of hydrogen-bond donors (Lipinski definition) is 3. The van der Waals surface area contributed by atoms with E-state index in [-0.39, 0.29) is 29.8 Å². The maximum Gasteiger partial charge on any atom is 0.321 e. The van der Waals surface area contributed by atoms with Gasteiger partial charge >= 0.3 is 6.03 Å². The minimum absolute atomic E-state index is 0.0187. The summed E-state index contributed by atoms with van der Waals surface area (Å²) in [6.07, 6.45) is 0.448. The second-order valence-corrected chi connectivity index (χ2v) is 7.89. The predicted molar refractivity (Wildman–Crippen MR) is 108 cm³/mol. The SMILES string of the molecule is Cc1ccc(NC(=O)CC(C)C)cc1NC(=O)N1CCN2CCNC(=O)[C@H]2C1. The highest BCUT2D eigenvalue weighted by atomic mass is 16.2. The standard InChI is InChI=1S/C20H29N5O3/c1-13(2)10-18(26)22-15-5-4-14(3)16(11-15)23-20(28)25-9-8-24-7-6-21-19(27)17(24)12-25/h4-5,11,13,17H,6-10,12H2,1-3H3,(H,21,27)(H,22,26)(H,23,28)/t17-/m1/s1. The van der Waals surface area contributed by atoms with Crippen molar-refractivity contribution in [2.45, 2.75) is 33.2 Å². The number of anilines is 2. The molecule has 8 heteroatoms. The summed E-state index contributed by atoms with van der Waals surface area (Å²) in [6.45, 7) is 9.02. The number of carbonyl (C=O) groups is 3. The quantitative estimate of drug-likeness (QED) is 0.732.